The van der Waals surface area contributed by atoms with Gasteiger partial charge in [-0.15, -0.1) is 0 Å². The van der Waals surface area contributed by atoms with Crippen molar-refractivity contribution < 1.29 is 18.0 Å². The fourth-order valence-corrected chi connectivity index (χ4v) is 4.13. The summed E-state index contributed by atoms with van der Waals surface area (Å²) in [5.74, 6) is -0.655. The summed E-state index contributed by atoms with van der Waals surface area (Å²) in [7, 11) is 0. The molecule has 0 spiro atoms. The van der Waals surface area contributed by atoms with Crippen LogP contribution in [0.25, 0.3) is 27.7 Å². The van der Waals surface area contributed by atoms with Crippen LogP contribution in [0.3, 0.4) is 0 Å². The van der Waals surface area contributed by atoms with E-state index in [9.17, 15) is 18.0 Å². The van der Waals surface area contributed by atoms with Gasteiger partial charge in [-0.1, -0.05) is 66.7 Å². The molecule has 5 nitrogen and oxygen atoms in total. The van der Waals surface area contributed by atoms with Crippen LogP contribution in [0.2, 0.25) is 0 Å². The normalized spacial score (nSPS) is 11.8. The number of benzene rings is 3. The number of hydrogen-bond acceptors (Lipinski definition) is 3. The number of aromatic nitrogens is 3. The van der Waals surface area contributed by atoms with Crippen LogP contribution < -0.4 is 5.32 Å². The summed E-state index contributed by atoms with van der Waals surface area (Å²) >= 11 is 3.25. The zero-order chi connectivity index (χ0) is 23.2. The molecule has 5 rings (SSSR count). The third-order valence-electron chi connectivity index (χ3n) is 5.15. The fourth-order valence-electron chi connectivity index (χ4n) is 3.61. The lowest BCUT2D eigenvalue weighted by Crippen LogP contribution is -2.16. The quantitative estimate of drug-likeness (QED) is 0.298. The van der Waals surface area contributed by atoms with Crippen molar-refractivity contribution in [2.24, 2.45) is 0 Å². The molecule has 0 atom stereocenters. The third kappa shape index (κ3) is 3.84. The van der Waals surface area contributed by atoms with E-state index in [0.29, 0.717) is 15.8 Å². The van der Waals surface area contributed by atoms with Crippen LogP contribution in [-0.2, 0) is 6.18 Å². The molecule has 0 fully saturated rings. The molecule has 2 aromatic heterocycles. The molecular formula is C24H14BrF3N4O. The average molecular weight is 511 g/mol. The summed E-state index contributed by atoms with van der Waals surface area (Å²) < 4.78 is 42.3. The minimum Gasteiger partial charge on any atom is -0.320 e. The molecule has 1 amide bonds. The van der Waals surface area contributed by atoms with Gasteiger partial charge in [-0.25, -0.2) is 9.50 Å². The fraction of sp³-hybridized carbons (Fsp3) is 0.0417. The molecule has 0 radical (unpaired) electrons. The first kappa shape index (κ1) is 21.1. The minimum absolute atomic E-state index is 0.0727. The maximum atomic E-state index is 13.9. The van der Waals surface area contributed by atoms with Crippen LogP contribution in [0.15, 0.2) is 83.3 Å². The molecule has 164 valence electrons. The molecule has 0 bridgehead atoms. The summed E-state index contributed by atoms with van der Waals surface area (Å²) in [5.41, 5.74) is -0.178. The van der Waals surface area contributed by atoms with E-state index >= 15 is 0 Å². The predicted molar refractivity (Wildman–Crippen MR) is 123 cm³/mol. The maximum Gasteiger partial charge on any atom is 0.433 e. The van der Waals surface area contributed by atoms with Crippen LogP contribution in [-0.4, -0.2) is 20.5 Å². The second-order valence-corrected chi connectivity index (χ2v) is 8.06. The van der Waals surface area contributed by atoms with Gasteiger partial charge in [-0.3, -0.25) is 4.79 Å². The second kappa shape index (κ2) is 8.00. The Morgan fingerprint density at radius 3 is 2.39 bits per heavy atom. The predicted octanol–water partition coefficient (Wildman–Crippen LogP) is 6.58. The lowest BCUT2D eigenvalue weighted by atomic mass is 10.1. The SMILES string of the molecule is O=C(Nc1cccc2ccccc12)c1nn2c(C(F)(F)F)cc(-c3ccccc3)nc2c1Br. The molecule has 3 aromatic carbocycles. The summed E-state index contributed by atoms with van der Waals surface area (Å²) in [6.07, 6.45) is -4.71. The second-order valence-electron chi connectivity index (χ2n) is 7.27. The van der Waals surface area contributed by atoms with Gasteiger partial charge in [0.05, 0.1) is 10.2 Å². The molecule has 0 aliphatic heterocycles. The Kier molecular flexibility index (Phi) is 5.13. The van der Waals surface area contributed by atoms with Gasteiger partial charge in [0.15, 0.2) is 17.0 Å². The standard InChI is InChI=1S/C24H14BrF3N4O/c25-20-21(23(33)30-17-12-6-10-14-7-4-5-11-16(14)17)31-32-19(24(26,27)28)13-18(29-22(20)32)15-8-2-1-3-9-15/h1-13H,(H,30,33). The smallest absolute Gasteiger partial charge is 0.320 e. The molecule has 33 heavy (non-hydrogen) atoms. The van der Waals surface area contributed by atoms with E-state index in [-0.39, 0.29) is 21.5 Å². The number of carbonyl (C=O) groups is 1. The number of anilines is 1. The van der Waals surface area contributed by atoms with Crippen LogP contribution >= 0.6 is 15.9 Å². The number of carbonyl (C=O) groups excluding carboxylic acids is 1. The molecule has 5 aromatic rings. The maximum absolute atomic E-state index is 13.9. The molecule has 0 unspecified atom stereocenters. The van der Waals surface area contributed by atoms with Crippen molar-refractivity contribution in [1.82, 2.24) is 14.6 Å². The van der Waals surface area contributed by atoms with Gasteiger partial charge in [0.25, 0.3) is 5.91 Å². The van der Waals surface area contributed by atoms with Crippen molar-refractivity contribution in [3.63, 3.8) is 0 Å². The van der Waals surface area contributed by atoms with Crippen molar-refractivity contribution in [2.75, 3.05) is 5.32 Å². The average Bonchev–Trinajstić information content (AvgIpc) is 3.15. The lowest BCUT2D eigenvalue weighted by Gasteiger charge is -2.11. The Balaban J connectivity index is 1.63. The van der Waals surface area contributed by atoms with Gasteiger partial charge < -0.3 is 5.32 Å². The zero-order valence-electron chi connectivity index (χ0n) is 16.8. The van der Waals surface area contributed by atoms with Crippen molar-refractivity contribution in [3.8, 4) is 11.3 Å². The number of rotatable bonds is 3. The number of fused-ring (bicyclic) bond motifs is 2. The largest absolute Gasteiger partial charge is 0.433 e. The number of alkyl halides is 3. The van der Waals surface area contributed by atoms with E-state index in [1.165, 1.54) is 0 Å². The summed E-state index contributed by atoms with van der Waals surface area (Å²) in [4.78, 5) is 17.4. The highest BCUT2D eigenvalue weighted by molar-refractivity contribution is 9.10. The van der Waals surface area contributed by atoms with Crippen LogP contribution in [0, 0.1) is 0 Å². The molecule has 0 aliphatic rings. The van der Waals surface area contributed by atoms with Gasteiger partial charge in [-0.05, 0) is 33.4 Å². The Morgan fingerprint density at radius 1 is 0.939 bits per heavy atom. The number of hydrogen-bond donors (Lipinski definition) is 1. The summed E-state index contributed by atoms with van der Waals surface area (Å²) in [6, 6.07) is 22.3. The Hall–Kier alpha value is -3.72. The van der Waals surface area contributed by atoms with E-state index in [2.05, 4.69) is 31.3 Å². The molecular weight excluding hydrogens is 497 g/mol. The minimum atomic E-state index is -4.71. The van der Waals surface area contributed by atoms with E-state index in [1.54, 1.807) is 42.5 Å². The Labute approximate surface area is 194 Å². The van der Waals surface area contributed by atoms with Crippen LogP contribution in [0.1, 0.15) is 16.2 Å². The third-order valence-corrected chi connectivity index (χ3v) is 5.88. The van der Waals surface area contributed by atoms with Crippen molar-refractivity contribution in [1.29, 1.82) is 0 Å². The highest BCUT2D eigenvalue weighted by Gasteiger charge is 2.36. The van der Waals surface area contributed by atoms with Crippen LogP contribution in [0.5, 0.6) is 0 Å². The summed E-state index contributed by atoms with van der Waals surface area (Å²) in [6.45, 7) is 0. The number of nitrogens with one attached hydrogen (secondary N) is 1. The summed E-state index contributed by atoms with van der Waals surface area (Å²) in [5, 5.41) is 8.43. The van der Waals surface area contributed by atoms with Crippen molar-refractivity contribution >= 4 is 43.9 Å². The first-order chi connectivity index (χ1) is 15.8. The number of nitrogens with zero attached hydrogens (tertiary/aromatic N) is 3. The Bertz CT molecular complexity index is 1510. The Morgan fingerprint density at radius 2 is 1.64 bits per heavy atom. The topological polar surface area (TPSA) is 59.3 Å². The van der Waals surface area contributed by atoms with Gasteiger partial charge in [-0.2, -0.15) is 18.3 Å². The number of amides is 1. The van der Waals surface area contributed by atoms with E-state index in [4.69, 9.17) is 0 Å². The molecule has 1 N–H and O–H groups in total. The van der Waals surface area contributed by atoms with Crippen molar-refractivity contribution in [3.05, 3.63) is 94.7 Å². The number of halogens is 4. The van der Waals surface area contributed by atoms with Crippen molar-refractivity contribution in [2.45, 2.75) is 6.18 Å². The first-order valence-electron chi connectivity index (χ1n) is 9.84. The van der Waals surface area contributed by atoms with Crippen LogP contribution in [0.4, 0.5) is 18.9 Å². The highest BCUT2D eigenvalue weighted by atomic mass is 79.9. The molecule has 9 heteroatoms. The van der Waals surface area contributed by atoms with Gasteiger partial charge in [0, 0.05) is 16.6 Å². The van der Waals surface area contributed by atoms with E-state index in [1.807, 2.05) is 30.3 Å². The molecule has 0 saturated carbocycles. The van der Waals surface area contributed by atoms with E-state index < -0.39 is 17.8 Å². The molecule has 0 aliphatic carbocycles. The first-order valence-corrected chi connectivity index (χ1v) is 10.6. The highest BCUT2D eigenvalue weighted by Crippen LogP contribution is 2.35. The monoisotopic (exact) mass is 510 g/mol. The van der Waals surface area contributed by atoms with E-state index in [0.717, 1.165) is 16.8 Å². The van der Waals surface area contributed by atoms with Gasteiger partial charge >= 0.3 is 6.18 Å². The molecule has 0 saturated heterocycles. The molecule has 2 heterocycles. The lowest BCUT2D eigenvalue weighted by molar-refractivity contribution is -0.142. The zero-order valence-corrected chi connectivity index (χ0v) is 18.4. The van der Waals surface area contributed by atoms with Gasteiger partial charge in [0.2, 0.25) is 0 Å². The van der Waals surface area contributed by atoms with Gasteiger partial charge in [0.1, 0.15) is 0 Å².